The molecule has 58 valence electrons. The number of nitrogens with zero attached hydrogens (tertiary/aromatic N) is 1. The van der Waals surface area contributed by atoms with Crippen molar-refractivity contribution < 1.29 is 4.79 Å². The van der Waals surface area contributed by atoms with Gasteiger partial charge in [-0.3, -0.25) is 9.79 Å². The van der Waals surface area contributed by atoms with Crippen molar-refractivity contribution >= 4 is 12.0 Å². The molecule has 0 aromatic rings. The van der Waals surface area contributed by atoms with Crippen molar-refractivity contribution in [2.45, 2.75) is 13.8 Å². The number of Topliss-reactive ketones (excluding diaryl/α,β-unsaturated/α-hetero) is 1. The second kappa shape index (κ2) is 2.82. The fraction of sp³-hybridized carbons (Fsp3) is 0.333. The van der Waals surface area contributed by atoms with Crippen LogP contribution < -0.4 is 0 Å². The summed E-state index contributed by atoms with van der Waals surface area (Å²) in [6.45, 7) is 3.42. The second-order valence-corrected chi connectivity index (χ2v) is 2.82. The molecule has 1 heterocycles. The Balaban J connectivity index is 2.96. The van der Waals surface area contributed by atoms with Crippen LogP contribution in [-0.4, -0.2) is 12.0 Å². The van der Waals surface area contributed by atoms with Crippen molar-refractivity contribution in [1.29, 1.82) is 0 Å². The Hall–Kier alpha value is -1.18. The number of aliphatic imine (C=N–C) groups is 1. The van der Waals surface area contributed by atoms with Crippen LogP contribution in [0.4, 0.5) is 0 Å². The van der Waals surface area contributed by atoms with Gasteiger partial charge in [0.1, 0.15) is 5.78 Å². The Morgan fingerprint density at radius 1 is 1.45 bits per heavy atom. The topological polar surface area (TPSA) is 29.4 Å². The van der Waals surface area contributed by atoms with Gasteiger partial charge in [0.25, 0.3) is 0 Å². The van der Waals surface area contributed by atoms with E-state index in [9.17, 15) is 4.79 Å². The lowest BCUT2D eigenvalue weighted by Crippen LogP contribution is -2.24. The predicted octanol–water partition coefficient (Wildman–Crippen LogP) is 1.74. The average Bonchev–Trinajstić information content (AvgIpc) is 2.15. The molecule has 1 rings (SSSR count). The maximum atomic E-state index is 11.1. The van der Waals surface area contributed by atoms with Gasteiger partial charge in [0.05, 0.1) is 5.41 Å². The average molecular weight is 149 g/mol. The SMILES string of the molecule is CC(=O)C1(C)C=CC=CN=C1. The molecule has 0 saturated heterocycles. The number of carbonyl (C=O) groups excluding carboxylic acids is 1. The fourth-order valence-electron chi connectivity index (χ4n) is 0.804. The van der Waals surface area contributed by atoms with E-state index in [2.05, 4.69) is 4.99 Å². The van der Waals surface area contributed by atoms with E-state index in [4.69, 9.17) is 0 Å². The summed E-state index contributed by atoms with van der Waals surface area (Å²) in [5, 5.41) is 0. The third-order valence-corrected chi connectivity index (χ3v) is 1.83. The van der Waals surface area contributed by atoms with E-state index >= 15 is 0 Å². The van der Waals surface area contributed by atoms with E-state index in [1.165, 1.54) is 0 Å². The van der Waals surface area contributed by atoms with E-state index < -0.39 is 5.41 Å². The van der Waals surface area contributed by atoms with E-state index in [1.807, 2.05) is 25.2 Å². The molecule has 2 nitrogen and oxygen atoms in total. The molecule has 0 bridgehead atoms. The van der Waals surface area contributed by atoms with Crippen LogP contribution in [0.2, 0.25) is 0 Å². The zero-order valence-electron chi connectivity index (χ0n) is 6.74. The molecule has 0 aromatic heterocycles. The van der Waals surface area contributed by atoms with Crippen LogP contribution >= 0.6 is 0 Å². The van der Waals surface area contributed by atoms with Gasteiger partial charge in [-0.15, -0.1) is 0 Å². The van der Waals surface area contributed by atoms with E-state index in [0.29, 0.717) is 0 Å². The van der Waals surface area contributed by atoms with E-state index in [1.54, 1.807) is 19.3 Å². The number of carbonyl (C=O) groups is 1. The van der Waals surface area contributed by atoms with Gasteiger partial charge in [0.15, 0.2) is 0 Å². The minimum atomic E-state index is -0.510. The van der Waals surface area contributed by atoms with Gasteiger partial charge >= 0.3 is 0 Å². The van der Waals surface area contributed by atoms with Crippen LogP contribution in [-0.2, 0) is 4.79 Å². The van der Waals surface area contributed by atoms with Gasteiger partial charge < -0.3 is 0 Å². The standard InChI is InChI=1S/C9H11NO/c1-8(11)9(2)5-3-4-6-10-7-9/h3-7H,1-2H3. The quantitative estimate of drug-likeness (QED) is 0.558. The Labute approximate surface area is 66.3 Å². The minimum absolute atomic E-state index is 0.112. The number of hydrogen-bond acceptors (Lipinski definition) is 2. The summed E-state index contributed by atoms with van der Waals surface area (Å²) in [5.41, 5.74) is -0.510. The maximum absolute atomic E-state index is 11.1. The van der Waals surface area contributed by atoms with E-state index in [0.717, 1.165) is 0 Å². The van der Waals surface area contributed by atoms with Crippen LogP contribution in [0.3, 0.4) is 0 Å². The predicted molar refractivity (Wildman–Crippen MR) is 45.6 cm³/mol. The molecule has 0 spiro atoms. The lowest BCUT2D eigenvalue weighted by molar-refractivity contribution is -0.120. The largest absolute Gasteiger partial charge is 0.299 e. The van der Waals surface area contributed by atoms with Crippen LogP contribution in [0.15, 0.2) is 29.4 Å². The number of ketones is 1. The highest BCUT2D eigenvalue weighted by molar-refractivity contribution is 6.00. The van der Waals surface area contributed by atoms with Gasteiger partial charge in [-0.25, -0.2) is 0 Å². The van der Waals surface area contributed by atoms with Crippen LogP contribution in [0.1, 0.15) is 13.8 Å². The Morgan fingerprint density at radius 2 is 2.18 bits per heavy atom. The molecular formula is C9H11NO. The highest BCUT2D eigenvalue weighted by atomic mass is 16.1. The van der Waals surface area contributed by atoms with Gasteiger partial charge in [-0.2, -0.15) is 0 Å². The number of hydrogen-bond donors (Lipinski definition) is 0. The molecule has 0 amide bonds. The summed E-state index contributed by atoms with van der Waals surface area (Å²) in [6, 6.07) is 0. The summed E-state index contributed by atoms with van der Waals surface area (Å²) in [7, 11) is 0. The molecule has 0 fully saturated rings. The summed E-state index contributed by atoms with van der Waals surface area (Å²) in [6.07, 6.45) is 8.83. The van der Waals surface area contributed by atoms with Gasteiger partial charge in [-0.1, -0.05) is 12.2 Å². The zero-order valence-corrected chi connectivity index (χ0v) is 6.74. The molecule has 0 radical (unpaired) electrons. The van der Waals surface area contributed by atoms with Crippen LogP contribution in [0, 0.1) is 5.41 Å². The van der Waals surface area contributed by atoms with Gasteiger partial charge in [0, 0.05) is 12.4 Å². The monoisotopic (exact) mass is 149 g/mol. The number of allylic oxidation sites excluding steroid dienone is 3. The first-order valence-electron chi connectivity index (χ1n) is 3.55. The number of rotatable bonds is 1. The van der Waals surface area contributed by atoms with Crippen LogP contribution in [0.25, 0.3) is 0 Å². The minimum Gasteiger partial charge on any atom is -0.299 e. The molecule has 0 aromatic carbocycles. The van der Waals surface area contributed by atoms with Crippen molar-refractivity contribution in [3.8, 4) is 0 Å². The summed E-state index contributed by atoms with van der Waals surface area (Å²) in [4.78, 5) is 15.1. The molecule has 2 heteroatoms. The highest BCUT2D eigenvalue weighted by Gasteiger charge is 2.24. The molecule has 0 N–H and O–H groups in total. The van der Waals surface area contributed by atoms with Gasteiger partial charge in [-0.05, 0) is 19.9 Å². The normalized spacial score (nSPS) is 28.5. The third-order valence-electron chi connectivity index (χ3n) is 1.83. The molecule has 1 aliphatic heterocycles. The molecule has 1 atom stereocenters. The van der Waals surface area contributed by atoms with Gasteiger partial charge in [0.2, 0.25) is 0 Å². The van der Waals surface area contributed by atoms with Crippen molar-refractivity contribution in [2.24, 2.45) is 10.4 Å². The van der Waals surface area contributed by atoms with E-state index in [-0.39, 0.29) is 5.78 Å². The fourth-order valence-corrected chi connectivity index (χ4v) is 0.804. The van der Waals surface area contributed by atoms with Crippen molar-refractivity contribution in [3.63, 3.8) is 0 Å². The molecular weight excluding hydrogens is 138 g/mol. The first-order valence-corrected chi connectivity index (χ1v) is 3.55. The lowest BCUT2D eigenvalue weighted by atomic mass is 9.87. The first kappa shape index (κ1) is 7.92. The smallest absolute Gasteiger partial charge is 0.144 e. The van der Waals surface area contributed by atoms with Crippen molar-refractivity contribution in [1.82, 2.24) is 0 Å². The summed E-state index contributed by atoms with van der Waals surface area (Å²) >= 11 is 0. The molecule has 0 saturated carbocycles. The van der Waals surface area contributed by atoms with Crippen LogP contribution in [0.5, 0.6) is 0 Å². The first-order chi connectivity index (χ1) is 5.15. The van der Waals surface area contributed by atoms with Crippen molar-refractivity contribution in [3.05, 3.63) is 24.4 Å². The molecule has 1 aliphatic rings. The maximum Gasteiger partial charge on any atom is 0.144 e. The molecule has 11 heavy (non-hydrogen) atoms. The molecule has 1 unspecified atom stereocenters. The second-order valence-electron chi connectivity index (χ2n) is 2.82. The lowest BCUT2D eigenvalue weighted by Gasteiger charge is -2.14. The zero-order chi connectivity index (χ0) is 8.32. The summed E-state index contributed by atoms with van der Waals surface area (Å²) < 4.78 is 0. The Bertz CT molecular complexity index is 232. The van der Waals surface area contributed by atoms with Crippen molar-refractivity contribution in [2.75, 3.05) is 0 Å². The third kappa shape index (κ3) is 1.64. The summed E-state index contributed by atoms with van der Waals surface area (Å²) in [5.74, 6) is 0.112. The Morgan fingerprint density at radius 3 is 2.82 bits per heavy atom. The highest BCUT2D eigenvalue weighted by Crippen LogP contribution is 2.18. The Kier molecular flexibility index (Phi) is 2.03. The molecule has 0 aliphatic carbocycles.